The third-order valence-electron chi connectivity index (χ3n) is 3.07. The van der Waals surface area contributed by atoms with Crippen LogP contribution in [0.15, 0.2) is 42.7 Å². The van der Waals surface area contributed by atoms with Gasteiger partial charge in [0.25, 0.3) is 0 Å². The molecule has 21 heavy (non-hydrogen) atoms. The summed E-state index contributed by atoms with van der Waals surface area (Å²) in [6, 6.07) is 9.91. The second-order valence-electron chi connectivity index (χ2n) is 4.47. The minimum Gasteiger partial charge on any atom is -0.494 e. The summed E-state index contributed by atoms with van der Waals surface area (Å²) in [4.78, 5) is 8.39. The van der Waals surface area contributed by atoms with E-state index in [0.29, 0.717) is 17.2 Å². The van der Waals surface area contributed by atoms with E-state index in [0.717, 1.165) is 10.9 Å². The van der Waals surface area contributed by atoms with Gasteiger partial charge in [0.15, 0.2) is 11.6 Å². The Bertz CT molecular complexity index is 807. The minimum atomic E-state index is -0.414. The van der Waals surface area contributed by atoms with Crippen molar-refractivity contribution in [3.8, 4) is 5.75 Å². The summed E-state index contributed by atoms with van der Waals surface area (Å²) < 4.78 is 18.4. The molecule has 6 heteroatoms. The maximum absolute atomic E-state index is 13.4. The van der Waals surface area contributed by atoms with Gasteiger partial charge < -0.3 is 15.8 Å². The molecule has 1 heterocycles. The third kappa shape index (κ3) is 2.55. The van der Waals surface area contributed by atoms with Gasteiger partial charge in [-0.1, -0.05) is 0 Å². The van der Waals surface area contributed by atoms with Crippen molar-refractivity contribution in [3.63, 3.8) is 0 Å². The Morgan fingerprint density at radius 1 is 1.14 bits per heavy atom. The second kappa shape index (κ2) is 5.24. The molecule has 0 fully saturated rings. The molecule has 0 atom stereocenters. The number of nitrogens with zero attached hydrogens (tertiary/aromatic N) is 2. The highest BCUT2D eigenvalue weighted by Crippen LogP contribution is 2.27. The number of halogens is 1. The first-order valence-electron chi connectivity index (χ1n) is 6.28. The van der Waals surface area contributed by atoms with Crippen molar-refractivity contribution in [2.24, 2.45) is 0 Å². The van der Waals surface area contributed by atoms with Crippen LogP contribution in [0.1, 0.15) is 0 Å². The highest BCUT2D eigenvalue weighted by atomic mass is 19.1. The minimum absolute atomic E-state index is 0.169. The summed E-state index contributed by atoms with van der Waals surface area (Å²) >= 11 is 0. The Labute approximate surface area is 120 Å². The number of methoxy groups -OCH3 is 1. The van der Waals surface area contributed by atoms with Gasteiger partial charge in [0.2, 0.25) is 0 Å². The molecule has 3 N–H and O–H groups in total. The molecule has 0 aliphatic heterocycles. The number of aromatic nitrogens is 2. The van der Waals surface area contributed by atoms with Gasteiger partial charge in [-0.3, -0.25) is 0 Å². The predicted molar refractivity (Wildman–Crippen MR) is 80.2 cm³/mol. The number of hydrogen-bond acceptors (Lipinski definition) is 5. The van der Waals surface area contributed by atoms with Gasteiger partial charge in [-0.15, -0.1) is 0 Å². The van der Waals surface area contributed by atoms with Crippen molar-refractivity contribution in [2.75, 3.05) is 18.2 Å². The largest absolute Gasteiger partial charge is 0.494 e. The third-order valence-corrected chi connectivity index (χ3v) is 3.07. The molecular weight excluding hydrogens is 271 g/mol. The Morgan fingerprint density at radius 2 is 2.00 bits per heavy atom. The SMILES string of the molecule is COc1cc(Nc2ncnc3cc(N)ccc23)ccc1F. The molecule has 5 nitrogen and oxygen atoms in total. The molecule has 0 aliphatic rings. The molecule has 2 aromatic carbocycles. The van der Waals surface area contributed by atoms with E-state index in [1.54, 1.807) is 24.3 Å². The van der Waals surface area contributed by atoms with Crippen LogP contribution < -0.4 is 15.8 Å². The van der Waals surface area contributed by atoms with Gasteiger partial charge in [-0.2, -0.15) is 0 Å². The van der Waals surface area contributed by atoms with E-state index in [1.807, 2.05) is 6.07 Å². The number of nitrogen functional groups attached to an aromatic ring is 1. The number of rotatable bonds is 3. The van der Waals surface area contributed by atoms with Crippen LogP contribution in [0.2, 0.25) is 0 Å². The second-order valence-corrected chi connectivity index (χ2v) is 4.47. The molecular formula is C15H13FN4O. The van der Waals surface area contributed by atoms with Crippen LogP contribution in [0, 0.1) is 5.82 Å². The summed E-state index contributed by atoms with van der Waals surface area (Å²) in [5.74, 6) is 0.375. The molecule has 0 radical (unpaired) electrons. The van der Waals surface area contributed by atoms with E-state index in [9.17, 15) is 4.39 Å². The molecule has 0 aliphatic carbocycles. The van der Waals surface area contributed by atoms with Crippen molar-refractivity contribution in [2.45, 2.75) is 0 Å². The number of nitrogens with two attached hydrogens (primary N) is 1. The Balaban J connectivity index is 2.02. The van der Waals surface area contributed by atoms with Crippen LogP contribution in [0.25, 0.3) is 10.9 Å². The van der Waals surface area contributed by atoms with Gasteiger partial charge in [0, 0.05) is 22.8 Å². The van der Waals surface area contributed by atoms with Gasteiger partial charge in [0.1, 0.15) is 12.1 Å². The van der Waals surface area contributed by atoms with Crippen LogP contribution >= 0.6 is 0 Å². The zero-order valence-electron chi connectivity index (χ0n) is 11.3. The number of ether oxygens (including phenoxy) is 1. The summed E-state index contributed by atoms with van der Waals surface area (Å²) in [6.07, 6.45) is 1.45. The van der Waals surface area contributed by atoms with Crippen LogP contribution in [0.5, 0.6) is 5.75 Å². The van der Waals surface area contributed by atoms with E-state index >= 15 is 0 Å². The summed E-state index contributed by atoms with van der Waals surface area (Å²) in [5, 5.41) is 3.96. The van der Waals surface area contributed by atoms with Gasteiger partial charge in [0.05, 0.1) is 12.6 Å². The van der Waals surface area contributed by atoms with Gasteiger partial charge in [-0.05, 0) is 30.3 Å². The number of nitrogens with one attached hydrogen (secondary N) is 1. The normalized spacial score (nSPS) is 10.6. The Morgan fingerprint density at radius 3 is 2.81 bits per heavy atom. The van der Waals surface area contributed by atoms with E-state index in [4.69, 9.17) is 10.5 Å². The fraction of sp³-hybridized carbons (Fsp3) is 0.0667. The molecule has 0 amide bonds. The van der Waals surface area contributed by atoms with E-state index in [2.05, 4.69) is 15.3 Å². The zero-order chi connectivity index (χ0) is 14.8. The molecule has 3 rings (SSSR count). The van der Waals surface area contributed by atoms with Gasteiger partial charge in [-0.25, -0.2) is 14.4 Å². The van der Waals surface area contributed by atoms with Crippen LogP contribution in [0.3, 0.4) is 0 Å². The molecule has 0 spiro atoms. The molecule has 0 bridgehead atoms. The maximum atomic E-state index is 13.4. The van der Waals surface area contributed by atoms with Crippen LogP contribution in [-0.4, -0.2) is 17.1 Å². The van der Waals surface area contributed by atoms with Gasteiger partial charge >= 0.3 is 0 Å². The van der Waals surface area contributed by atoms with E-state index in [1.165, 1.54) is 19.5 Å². The summed E-state index contributed by atoms with van der Waals surface area (Å²) in [6.45, 7) is 0. The highest BCUT2D eigenvalue weighted by Gasteiger charge is 2.07. The Hall–Kier alpha value is -2.89. The van der Waals surface area contributed by atoms with E-state index in [-0.39, 0.29) is 5.75 Å². The van der Waals surface area contributed by atoms with E-state index < -0.39 is 5.82 Å². The first kappa shape index (κ1) is 13.1. The number of benzene rings is 2. The first-order valence-corrected chi connectivity index (χ1v) is 6.28. The lowest BCUT2D eigenvalue weighted by Gasteiger charge is -2.10. The monoisotopic (exact) mass is 284 g/mol. The maximum Gasteiger partial charge on any atom is 0.165 e. The topological polar surface area (TPSA) is 73.1 Å². The highest BCUT2D eigenvalue weighted by molar-refractivity contribution is 5.92. The average Bonchev–Trinajstić information content (AvgIpc) is 2.49. The summed E-state index contributed by atoms with van der Waals surface area (Å²) in [7, 11) is 1.42. The fourth-order valence-corrected chi connectivity index (χ4v) is 2.05. The fourth-order valence-electron chi connectivity index (χ4n) is 2.05. The molecule has 0 saturated heterocycles. The van der Waals surface area contributed by atoms with Crippen LogP contribution in [0.4, 0.5) is 21.6 Å². The van der Waals surface area contributed by atoms with Crippen molar-refractivity contribution in [3.05, 3.63) is 48.5 Å². The van der Waals surface area contributed by atoms with Crippen molar-refractivity contribution in [1.29, 1.82) is 0 Å². The average molecular weight is 284 g/mol. The predicted octanol–water partition coefficient (Wildman–Crippen LogP) is 3.10. The summed E-state index contributed by atoms with van der Waals surface area (Å²) in [5.41, 5.74) is 7.79. The molecule has 0 saturated carbocycles. The quantitative estimate of drug-likeness (QED) is 0.723. The molecule has 106 valence electrons. The zero-order valence-corrected chi connectivity index (χ0v) is 11.3. The van der Waals surface area contributed by atoms with Crippen molar-refractivity contribution >= 4 is 28.1 Å². The number of fused-ring (bicyclic) bond motifs is 1. The number of anilines is 3. The lowest BCUT2D eigenvalue weighted by molar-refractivity contribution is 0.387. The first-order chi connectivity index (χ1) is 10.2. The standard InChI is InChI=1S/C15H13FN4O/c1-21-14-7-10(3-5-12(14)16)20-15-11-4-2-9(17)6-13(11)18-8-19-15/h2-8H,17H2,1H3,(H,18,19,20). The van der Waals surface area contributed by atoms with Crippen molar-refractivity contribution in [1.82, 2.24) is 9.97 Å². The lowest BCUT2D eigenvalue weighted by Crippen LogP contribution is -1.98. The molecule has 3 aromatic rings. The number of hydrogen-bond donors (Lipinski definition) is 2. The van der Waals surface area contributed by atoms with Crippen molar-refractivity contribution < 1.29 is 9.13 Å². The lowest BCUT2D eigenvalue weighted by atomic mass is 10.2. The smallest absolute Gasteiger partial charge is 0.165 e. The Kier molecular flexibility index (Phi) is 3.27. The molecule has 0 unspecified atom stereocenters. The molecule has 1 aromatic heterocycles. The van der Waals surface area contributed by atoms with Crippen LogP contribution in [-0.2, 0) is 0 Å².